The van der Waals surface area contributed by atoms with Gasteiger partial charge in [-0.2, -0.15) is 4.98 Å². The second kappa shape index (κ2) is 9.19. The first-order valence-electron chi connectivity index (χ1n) is 9.13. The third kappa shape index (κ3) is 5.31. The highest BCUT2D eigenvalue weighted by Crippen LogP contribution is 2.28. The lowest BCUT2D eigenvalue weighted by atomic mass is 10.3. The van der Waals surface area contributed by atoms with Crippen LogP contribution in [-0.4, -0.2) is 32.0 Å². The first-order chi connectivity index (χ1) is 14.3. The number of anilines is 4. The van der Waals surface area contributed by atoms with Gasteiger partial charge in [-0.3, -0.25) is 4.72 Å². The van der Waals surface area contributed by atoms with Gasteiger partial charge in [0.25, 0.3) is 10.0 Å². The molecule has 0 aliphatic rings. The van der Waals surface area contributed by atoms with Gasteiger partial charge >= 0.3 is 0 Å². The summed E-state index contributed by atoms with van der Waals surface area (Å²) in [6.45, 7) is 4.58. The van der Waals surface area contributed by atoms with E-state index in [-0.39, 0.29) is 9.92 Å². The quantitative estimate of drug-likeness (QED) is 0.469. The van der Waals surface area contributed by atoms with E-state index in [1.54, 1.807) is 24.3 Å². The van der Waals surface area contributed by atoms with Gasteiger partial charge in [0.1, 0.15) is 11.6 Å². The molecule has 30 heavy (non-hydrogen) atoms. The van der Waals surface area contributed by atoms with Crippen molar-refractivity contribution in [1.82, 2.24) is 9.97 Å². The largest absolute Gasteiger partial charge is 0.495 e. The fraction of sp³-hybridized carbons (Fsp3) is 0.200. The van der Waals surface area contributed by atoms with Crippen LogP contribution in [0.5, 0.6) is 5.75 Å². The van der Waals surface area contributed by atoms with Gasteiger partial charge in [0, 0.05) is 29.7 Å². The van der Waals surface area contributed by atoms with E-state index in [0.717, 1.165) is 17.9 Å². The van der Waals surface area contributed by atoms with E-state index in [9.17, 15) is 8.42 Å². The monoisotopic (exact) mass is 447 g/mol. The molecular weight excluding hydrogens is 426 g/mol. The average molecular weight is 448 g/mol. The number of sulfonamides is 1. The summed E-state index contributed by atoms with van der Waals surface area (Å²) in [5, 5.41) is 6.49. The summed E-state index contributed by atoms with van der Waals surface area (Å²) in [5.41, 5.74) is 2.00. The van der Waals surface area contributed by atoms with Gasteiger partial charge in [-0.05, 0) is 56.3 Å². The molecule has 10 heteroatoms. The molecule has 158 valence electrons. The standard InChI is InChI=1S/C20H22ClN5O3S/c1-4-22-20-23-13(2)11-19(25-20)24-14-5-7-15(8-6-14)26-30(27,28)16-9-10-18(29-3)17(21)12-16/h5-12,26H,4H2,1-3H3,(H2,22,23,24,25). The lowest BCUT2D eigenvalue weighted by molar-refractivity contribution is 0.414. The number of methoxy groups -OCH3 is 1. The Bertz CT molecular complexity index is 1140. The highest BCUT2D eigenvalue weighted by Gasteiger charge is 2.16. The van der Waals surface area contributed by atoms with E-state index in [1.807, 2.05) is 19.9 Å². The normalized spacial score (nSPS) is 11.1. The van der Waals surface area contributed by atoms with Crippen molar-refractivity contribution in [3.8, 4) is 5.75 Å². The summed E-state index contributed by atoms with van der Waals surface area (Å²) >= 11 is 6.04. The highest BCUT2D eigenvalue weighted by atomic mass is 35.5. The van der Waals surface area contributed by atoms with E-state index in [2.05, 4.69) is 25.3 Å². The maximum atomic E-state index is 12.6. The molecule has 0 bridgehead atoms. The molecule has 3 aromatic rings. The van der Waals surface area contributed by atoms with Crippen LogP contribution in [0.25, 0.3) is 0 Å². The Morgan fingerprint density at radius 2 is 1.73 bits per heavy atom. The first kappa shape index (κ1) is 21.7. The third-order valence-electron chi connectivity index (χ3n) is 4.03. The van der Waals surface area contributed by atoms with Gasteiger partial charge < -0.3 is 15.4 Å². The zero-order valence-electron chi connectivity index (χ0n) is 16.7. The molecule has 0 saturated heterocycles. The predicted octanol–water partition coefficient (Wildman–Crippen LogP) is 4.42. The maximum Gasteiger partial charge on any atom is 0.261 e. The SMILES string of the molecule is CCNc1nc(C)cc(Nc2ccc(NS(=O)(=O)c3ccc(OC)c(Cl)c3)cc2)n1. The first-order valence-corrected chi connectivity index (χ1v) is 11.0. The fourth-order valence-corrected chi connectivity index (χ4v) is 4.07. The number of hydrogen-bond donors (Lipinski definition) is 3. The molecule has 0 saturated carbocycles. The van der Waals surface area contributed by atoms with E-state index < -0.39 is 10.0 Å². The summed E-state index contributed by atoms with van der Waals surface area (Å²) in [5.74, 6) is 1.59. The van der Waals surface area contributed by atoms with Gasteiger partial charge in [-0.15, -0.1) is 0 Å². The van der Waals surface area contributed by atoms with Gasteiger partial charge in [0.05, 0.1) is 17.0 Å². The van der Waals surface area contributed by atoms with E-state index in [0.29, 0.717) is 23.2 Å². The number of halogens is 1. The predicted molar refractivity (Wildman–Crippen MR) is 119 cm³/mol. The Balaban J connectivity index is 1.73. The number of aryl methyl sites for hydroxylation is 1. The average Bonchev–Trinajstić information content (AvgIpc) is 2.69. The van der Waals surface area contributed by atoms with Gasteiger partial charge in [0.15, 0.2) is 0 Å². The third-order valence-corrected chi connectivity index (χ3v) is 5.71. The molecule has 0 amide bonds. The van der Waals surface area contributed by atoms with E-state index in [1.165, 1.54) is 25.3 Å². The number of benzene rings is 2. The molecule has 3 rings (SSSR count). The molecule has 0 aliphatic heterocycles. The van der Waals surface area contributed by atoms with Crippen LogP contribution in [0.2, 0.25) is 5.02 Å². The number of ether oxygens (including phenoxy) is 1. The molecule has 0 spiro atoms. The van der Waals surface area contributed by atoms with Crippen LogP contribution in [-0.2, 0) is 10.0 Å². The van der Waals surface area contributed by atoms with E-state index in [4.69, 9.17) is 16.3 Å². The smallest absolute Gasteiger partial charge is 0.261 e. The van der Waals surface area contributed by atoms with Gasteiger partial charge in [-0.1, -0.05) is 11.6 Å². The van der Waals surface area contributed by atoms with Gasteiger partial charge in [-0.25, -0.2) is 13.4 Å². The Labute approximate surface area is 180 Å². The number of nitrogens with one attached hydrogen (secondary N) is 3. The summed E-state index contributed by atoms with van der Waals surface area (Å²) in [4.78, 5) is 8.75. The molecule has 0 unspecified atom stereocenters. The van der Waals surface area contributed by atoms with Crippen LogP contribution in [0.15, 0.2) is 53.4 Å². The van der Waals surface area contributed by atoms with Crippen molar-refractivity contribution in [2.24, 2.45) is 0 Å². The van der Waals surface area contributed by atoms with E-state index >= 15 is 0 Å². The molecule has 1 aromatic heterocycles. The molecule has 0 fully saturated rings. The van der Waals surface area contributed by atoms with Crippen LogP contribution in [0.1, 0.15) is 12.6 Å². The fourth-order valence-electron chi connectivity index (χ4n) is 2.67. The second-order valence-electron chi connectivity index (χ2n) is 6.35. The molecule has 0 atom stereocenters. The zero-order valence-corrected chi connectivity index (χ0v) is 18.3. The summed E-state index contributed by atoms with van der Waals surface area (Å²) in [7, 11) is -2.32. The molecule has 1 heterocycles. The van der Waals surface area contributed by atoms with Crippen LogP contribution in [0.3, 0.4) is 0 Å². The summed E-state index contributed by atoms with van der Waals surface area (Å²) in [6.07, 6.45) is 0. The van der Waals surface area contributed by atoms with Crippen LogP contribution in [0, 0.1) is 6.92 Å². The van der Waals surface area contributed by atoms with Crippen LogP contribution < -0.4 is 20.1 Å². The maximum absolute atomic E-state index is 12.6. The topological polar surface area (TPSA) is 105 Å². The summed E-state index contributed by atoms with van der Waals surface area (Å²) in [6, 6.07) is 12.9. The zero-order chi connectivity index (χ0) is 21.7. The van der Waals surface area contributed by atoms with Crippen LogP contribution in [0.4, 0.5) is 23.1 Å². The van der Waals surface area contributed by atoms with Crippen molar-refractivity contribution in [3.05, 3.63) is 59.2 Å². The number of nitrogens with zero attached hydrogens (tertiary/aromatic N) is 2. The van der Waals surface area contributed by atoms with Crippen molar-refractivity contribution in [2.45, 2.75) is 18.7 Å². The van der Waals surface area contributed by atoms with Crippen molar-refractivity contribution in [2.75, 3.05) is 29.0 Å². The number of hydrogen-bond acceptors (Lipinski definition) is 7. The lowest BCUT2D eigenvalue weighted by Crippen LogP contribution is -2.13. The Hall–Kier alpha value is -3.04. The van der Waals surface area contributed by atoms with Crippen molar-refractivity contribution in [3.63, 3.8) is 0 Å². The molecular formula is C20H22ClN5O3S. The van der Waals surface area contributed by atoms with Crippen molar-refractivity contribution in [1.29, 1.82) is 0 Å². The minimum Gasteiger partial charge on any atom is -0.495 e. The minimum atomic E-state index is -3.79. The Morgan fingerprint density at radius 1 is 1.03 bits per heavy atom. The molecule has 0 aliphatic carbocycles. The molecule has 2 aromatic carbocycles. The van der Waals surface area contributed by atoms with Crippen LogP contribution >= 0.6 is 11.6 Å². The van der Waals surface area contributed by atoms with Crippen molar-refractivity contribution < 1.29 is 13.2 Å². The molecule has 3 N–H and O–H groups in total. The number of aromatic nitrogens is 2. The minimum absolute atomic E-state index is 0.0444. The number of rotatable bonds is 8. The molecule has 0 radical (unpaired) electrons. The molecule has 8 nitrogen and oxygen atoms in total. The summed E-state index contributed by atoms with van der Waals surface area (Å²) < 4.78 is 32.8. The second-order valence-corrected chi connectivity index (χ2v) is 8.44. The Kier molecular flexibility index (Phi) is 6.63. The lowest BCUT2D eigenvalue weighted by Gasteiger charge is -2.12. The Morgan fingerprint density at radius 3 is 2.37 bits per heavy atom. The van der Waals surface area contributed by atoms with Crippen molar-refractivity contribution >= 4 is 44.8 Å². The van der Waals surface area contributed by atoms with Gasteiger partial charge in [0.2, 0.25) is 5.95 Å². The highest BCUT2D eigenvalue weighted by molar-refractivity contribution is 7.92.